The summed E-state index contributed by atoms with van der Waals surface area (Å²) in [6.45, 7) is 6.68. The number of carbonyl (C=O) groups excluding carboxylic acids is 2. The molecule has 0 radical (unpaired) electrons. The van der Waals surface area contributed by atoms with Crippen LogP contribution in [0.3, 0.4) is 0 Å². The number of hydrogen-bond acceptors (Lipinski definition) is 4. The molecule has 0 bridgehead atoms. The predicted molar refractivity (Wildman–Crippen MR) is 62.9 cm³/mol. The fraction of sp³-hybridized carbons (Fsp3) is 0.385. The highest BCUT2D eigenvalue weighted by Gasteiger charge is 2.18. The minimum Gasteiger partial charge on any atom is -0.456 e. The van der Waals surface area contributed by atoms with Gasteiger partial charge in [0.05, 0.1) is 5.56 Å². The quantitative estimate of drug-likeness (QED) is 0.585. The third kappa shape index (κ3) is 4.68. The lowest BCUT2D eigenvalue weighted by atomic mass is 10.1. The van der Waals surface area contributed by atoms with Crippen molar-refractivity contribution in [1.29, 1.82) is 0 Å². The van der Waals surface area contributed by atoms with Crippen LogP contribution in [0.25, 0.3) is 0 Å². The van der Waals surface area contributed by atoms with Crippen molar-refractivity contribution < 1.29 is 19.1 Å². The Morgan fingerprint density at radius 3 is 2.35 bits per heavy atom. The summed E-state index contributed by atoms with van der Waals surface area (Å²) in [6.07, 6.45) is 0. The molecule has 0 aliphatic rings. The van der Waals surface area contributed by atoms with Crippen molar-refractivity contribution in [3.63, 3.8) is 0 Å². The normalized spacial score (nSPS) is 10.8. The van der Waals surface area contributed by atoms with Gasteiger partial charge in [0, 0.05) is 6.92 Å². The molecule has 0 aliphatic heterocycles. The first-order valence-electron chi connectivity index (χ1n) is 5.30. The van der Waals surface area contributed by atoms with Crippen molar-refractivity contribution in [2.24, 2.45) is 0 Å². The van der Waals surface area contributed by atoms with Crippen LogP contribution >= 0.6 is 0 Å². The molecule has 1 aromatic rings. The number of esters is 2. The fourth-order valence-electron chi connectivity index (χ4n) is 1.19. The highest BCUT2D eigenvalue weighted by Crippen LogP contribution is 2.17. The summed E-state index contributed by atoms with van der Waals surface area (Å²) >= 11 is 0. The van der Waals surface area contributed by atoms with Gasteiger partial charge >= 0.3 is 11.9 Å². The topological polar surface area (TPSA) is 52.6 Å². The molecule has 1 aromatic carbocycles. The van der Waals surface area contributed by atoms with Crippen LogP contribution < -0.4 is 4.74 Å². The third-order valence-corrected chi connectivity index (χ3v) is 1.73. The van der Waals surface area contributed by atoms with E-state index < -0.39 is 17.5 Å². The number of rotatable bonds is 2. The number of carbonyl (C=O) groups is 2. The van der Waals surface area contributed by atoms with Gasteiger partial charge in [0.15, 0.2) is 0 Å². The molecular weight excluding hydrogens is 220 g/mol. The largest absolute Gasteiger partial charge is 0.456 e. The van der Waals surface area contributed by atoms with E-state index in [-0.39, 0.29) is 0 Å². The van der Waals surface area contributed by atoms with E-state index in [9.17, 15) is 9.59 Å². The van der Waals surface area contributed by atoms with E-state index in [1.165, 1.54) is 13.0 Å². The molecule has 0 spiro atoms. The Bertz CT molecular complexity index is 429. The van der Waals surface area contributed by atoms with E-state index in [1.54, 1.807) is 39.0 Å². The van der Waals surface area contributed by atoms with Gasteiger partial charge in [-0.2, -0.15) is 0 Å². The molecule has 0 saturated heterocycles. The Morgan fingerprint density at radius 2 is 1.82 bits per heavy atom. The Hall–Kier alpha value is -1.84. The lowest BCUT2D eigenvalue weighted by Gasteiger charge is -2.19. The third-order valence-electron chi connectivity index (χ3n) is 1.73. The molecule has 0 heterocycles. The second-order valence-corrected chi connectivity index (χ2v) is 4.62. The van der Waals surface area contributed by atoms with E-state index in [1.807, 2.05) is 0 Å². The Labute approximate surface area is 101 Å². The molecule has 4 nitrogen and oxygen atoms in total. The molecular formula is C13H16O4. The van der Waals surface area contributed by atoms with Crippen LogP contribution in [0, 0.1) is 0 Å². The van der Waals surface area contributed by atoms with Gasteiger partial charge in [0.2, 0.25) is 0 Å². The van der Waals surface area contributed by atoms with E-state index in [4.69, 9.17) is 9.47 Å². The molecule has 0 unspecified atom stereocenters. The molecule has 92 valence electrons. The van der Waals surface area contributed by atoms with Crippen LogP contribution in [0.15, 0.2) is 24.3 Å². The van der Waals surface area contributed by atoms with Gasteiger partial charge in [-0.1, -0.05) is 6.07 Å². The first-order valence-corrected chi connectivity index (χ1v) is 5.30. The van der Waals surface area contributed by atoms with Crippen molar-refractivity contribution in [3.05, 3.63) is 29.8 Å². The Kier molecular flexibility index (Phi) is 3.89. The Balaban J connectivity index is 2.84. The van der Waals surface area contributed by atoms with E-state index >= 15 is 0 Å². The SMILES string of the molecule is CC(=O)Oc1cccc(C(=O)OC(C)(C)C)c1. The molecule has 4 heteroatoms. The maximum absolute atomic E-state index is 11.7. The average Bonchev–Trinajstić information content (AvgIpc) is 2.14. The van der Waals surface area contributed by atoms with Crippen LogP contribution in [0.5, 0.6) is 5.75 Å². The smallest absolute Gasteiger partial charge is 0.338 e. The molecule has 0 saturated carbocycles. The summed E-state index contributed by atoms with van der Waals surface area (Å²) in [6, 6.07) is 6.34. The highest BCUT2D eigenvalue weighted by molar-refractivity contribution is 5.90. The van der Waals surface area contributed by atoms with Crippen LogP contribution in [0.1, 0.15) is 38.1 Å². The Morgan fingerprint density at radius 1 is 1.18 bits per heavy atom. The zero-order chi connectivity index (χ0) is 13.1. The molecule has 17 heavy (non-hydrogen) atoms. The fourth-order valence-corrected chi connectivity index (χ4v) is 1.19. The van der Waals surface area contributed by atoms with Crippen LogP contribution in [-0.2, 0) is 9.53 Å². The maximum atomic E-state index is 11.7. The van der Waals surface area contributed by atoms with Gasteiger partial charge < -0.3 is 9.47 Å². The van der Waals surface area contributed by atoms with Crippen molar-refractivity contribution in [1.82, 2.24) is 0 Å². The van der Waals surface area contributed by atoms with Crippen LogP contribution in [0.4, 0.5) is 0 Å². The number of ether oxygens (including phenoxy) is 2. The molecule has 0 atom stereocenters. The summed E-state index contributed by atoms with van der Waals surface area (Å²) in [7, 11) is 0. The second-order valence-electron chi connectivity index (χ2n) is 4.62. The zero-order valence-corrected chi connectivity index (χ0v) is 10.4. The average molecular weight is 236 g/mol. The van der Waals surface area contributed by atoms with E-state index in [0.29, 0.717) is 11.3 Å². The summed E-state index contributed by atoms with van der Waals surface area (Å²) < 4.78 is 10.1. The van der Waals surface area contributed by atoms with Crippen molar-refractivity contribution in [2.75, 3.05) is 0 Å². The van der Waals surface area contributed by atoms with Gasteiger partial charge in [-0.3, -0.25) is 4.79 Å². The predicted octanol–water partition coefficient (Wildman–Crippen LogP) is 2.57. The van der Waals surface area contributed by atoms with Gasteiger partial charge in [0.25, 0.3) is 0 Å². The minimum absolute atomic E-state index is 0.334. The molecule has 0 amide bonds. The minimum atomic E-state index is -0.547. The lowest BCUT2D eigenvalue weighted by Crippen LogP contribution is -2.23. The molecule has 0 aliphatic carbocycles. The summed E-state index contributed by atoms with van der Waals surface area (Å²) in [5.74, 6) is -0.529. The first-order chi connectivity index (χ1) is 7.78. The van der Waals surface area contributed by atoms with Gasteiger partial charge in [-0.15, -0.1) is 0 Å². The number of benzene rings is 1. The van der Waals surface area contributed by atoms with Gasteiger partial charge in [-0.05, 0) is 39.0 Å². The van der Waals surface area contributed by atoms with Crippen LogP contribution in [-0.4, -0.2) is 17.5 Å². The zero-order valence-electron chi connectivity index (χ0n) is 10.4. The summed E-state index contributed by atoms with van der Waals surface area (Å²) in [5, 5.41) is 0. The van der Waals surface area contributed by atoms with E-state index in [2.05, 4.69) is 0 Å². The monoisotopic (exact) mass is 236 g/mol. The highest BCUT2D eigenvalue weighted by atomic mass is 16.6. The number of hydrogen-bond donors (Lipinski definition) is 0. The van der Waals surface area contributed by atoms with Gasteiger partial charge in [0.1, 0.15) is 11.4 Å². The van der Waals surface area contributed by atoms with Crippen molar-refractivity contribution in [2.45, 2.75) is 33.3 Å². The van der Waals surface area contributed by atoms with Crippen molar-refractivity contribution >= 4 is 11.9 Å². The second kappa shape index (κ2) is 4.99. The summed E-state index contributed by atoms with van der Waals surface area (Å²) in [4.78, 5) is 22.5. The van der Waals surface area contributed by atoms with E-state index in [0.717, 1.165) is 0 Å². The lowest BCUT2D eigenvalue weighted by molar-refractivity contribution is -0.131. The van der Waals surface area contributed by atoms with Crippen molar-refractivity contribution in [3.8, 4) is 5.75 Å². The standard InChI is InChI=1S/C13H16O4/c1-9(14)16-11-7-5-6-10(8-11)12(15)17-13(2,3)4/h5-8H,1-4H3. The maximum Gasteiger partial charge on any atom is 0.338 e. The summed E-state index contributed by atoms with van der Waals surface area (Å²) in [5.41, 5.74) is -0.187. The molecule has 0 aromatic heterocycles. The van der Waals surface area contributed by atoms with Crippen LogP contribution in [0.2, 0.25) is 0 Å². The van der Waals surface area contributed by atoms with Gasteiger partial charge in [-0.25, -0.2) is 4.79 Å². The molecule has 0 N–H and O–H groups in total. The first kappa shape index (κ1) is 13.2. The molecule has 1 rings (SSSR count). The molecule has 0 fully saturated rings.